The van der Waals surface area contributed by atoms with Gasteiger partial charge in [0.15, 0.2) is 11.5 Å². The van der Waals surface area contributed by atoms with Gasteiger partial charge in [0, 0.05) is 25.7 Å². The van der Waals surface area contributed by atoms with E-state index in [-0.39, 0.29) is 6.04 Å². The van der Waals surface area contributed by atoms with E-state index >= 15 is 0 Å². The first-order chi connectivity index (χ1) is 11.7. The summed E-state index contributed by atoms with van der Waals surface area (Å²) in [6, 6.07) is 14.8. The molecule has 0 saturated carbocycles. The Bertz CT molecular complexity index is 673. The Morgan fingerprint density at radius 3 is 2.38 bits per heavy atom. The summed E-state index contributed by atoms with van der Waals surface area (Å²) in [5.41, 5.74) is 10.3. The lowest BCUT2D eigenvalue weighted by Crippen LogP contribution is -2.41. The fourth-order valence-electron chi connectivity index (χ4n) is 3.41. The van der Waals surface area contributed by atoms with Crippen LogP contribution in [0.15, 0.2) is 42.5 Å². The van der Waals surface area contributed by atoms with Crippen LogP contribution in [0.1, 0.15) is 16.7 Å². The monoisotopic (exact) mass is 326 g/mol. The number of hydrogen-bond acceptors (Lipinski definition) is 4. The van der Waals surface area contributed by atoms with E-state index in [1.165, 1.54) is 16.7 Å². The maximum atomic E-state index is 6.37. The van der Waals surface area contributed by atoms with E-state index < -0.39 is 0 Å². The SMILES string of the molecule is COc1cc2c(cc1OC)CN(C[C@@H](N)Cc1ccccc1)CC2. The molecule has 0 radical (unpaired) electrons. The van der Waals surface area contributed by atoms with Gasteiger partial charge in [0.2, 0.25) is 0 Å². The second-order valence-corrected chi connectivity index (χ2v) is 6.41. The third-order valence-electron chi connectivity index (χ3n) is 4.63. The lowest BCUT2D eigenvalue weighted by molar-refractivity contribution is 0.236. The molecule has 0 unspecified atom stereocenters. The van der Waals surface area contributed by atoms with Gasteiger partial charge in [0.25, 0.3) is 0 Å². The molecule has 0 spiro atoms. The summed E-state index contributed by atoms with van der Waals surface area (Å²) < 4.78 is 10.8. The minimum absolute atomic E-state index is 0.147. The largest absolute Gasteiger partial charge is 0.493 e. The number of fused-ring (bicyclic) bond motifs is 1. The molecule has 128 valence electrons. The molecule has 24 heavy (non-hydrogen) atoms. The molecule has 1 atom stereocenters. The van der Waals surface area contributed by atoms with Crippen molar-refractivity contribution in [2.24, 2.45) is 5.73 Å². The fourth-order valence-corrected chi connectivity index (χ4v) is 3.41. The first-order valence-corrected chi connectivity index (χ1v) is 8.45. The molecule has 1 aliphatic heterocycles. The van der Waals surface area contributed by atoms with Crippen LogP contribution in [0.25, 0.3) is 0 Å². The van der Waals surface area contributed by atoms with E-state index in [0.29, 0.717) is 0 Å². The summed E-state index contributed by atoms with van der Waals surface area (Å²) in [6.07, 6.45) is 1.93. The van der Waals surface area contributed by atoms with Crippen molar-refractivity contribution < 1.29 is 9.47 Å². The van der Waals surface area contributed by atoms with Crippen molar-refractivity contribution in [2.75, 3.05) is 27.3 Å². The summed E-state index contributed by atoms with van der Waals surface area (Å²) in [7, 11) is 3.36. The molecule has 0 aliphatic carbocycles. The molecule has 2 N–H and O–H groups in total. The minimum Gasteiger partial charge on any atom is -0.493 e. The van der Waals surface area contributed by atoms with Gasteiger partial charge in [-0.2, -0.15) is 0 Å². The number of hydrogen-bond donors (Lipinski definition) is 1. The zero-order valence-corrected chi connectivity index (χ0v) is 14.5. The molecule has 4 nitrogen and oxygen atoms in total. The molecule has 0 saturated heterocycles. The van der Waals surface area contributed by atoms with Crippen LogP contribution >= 0.6 is 0 Å². The molecule has 4 heteroatoms. The summed E-state index contributed by atoms with van der Waals surface area (Å²) in [5.74, 6) is 1.61. The Labute approximate surface area is 144 Å². The molecular weight excluding hydrogens is 300 g/mol. The van der Waals surface area contributed by atoms with Crippen LogP contribution in [0.3, 0.4) is 0 Å². The topological polar surface area (TPSA) is 47.7 Å². The van der Waals surface area contributed by atoms with Gasteiger partial charge in [0.1, 0.15) is 0 Å². The molecule has 1 heterocycles. The van der Waals surface area contributed by atoms with Crippen LogP contribution in [0.4, 0.5) is 0 Å². The van der Waals surface area contributed by atoms with Crippen molar-refractivity contribution >= 4 is 0 Å². The van der Waals surface area contributed by atoms with Crippen LogP contribution in [-0.2, 0) is 19.4 Å². The van der Waals surface area contributed by atoms with Gasteiger partial charge in [-0.15, -0.1) is 0 Å². The van der Waals surface area contributed by atoms with Gasteiger partial charge in [-0.3, -0.25) is 4.90 Å². The molecule has 0 amide bonds. The first kappa shape index (κ1) is 16.8. The van der Waals surface area contributed by atoms with Gasteiger partial charge in [0.05, 0.1) is 14.2 Å². The van der Waals surface area contributed by atoms with E-state index in [9.17, 15) is 0 Å². The zero-order chi connectivity index (χ0) is 16.9. The molecule has 2 aromatic carbocycles. The summed E-state index contributed by atoms with van der Waals surface area (Å²) in [6.45, 7) is 2.85. The Kier molecular flexibility index (Phi) is 5.38. The quantitative estimate of drug-likeness (QED) is 0.886. The highest BCUT2D eigenvalue weighted by Crippen LogP contribution is 2.33. The normalized spacial score (nSPS) is 15.6. The van der Waals surface area contributed by atoms with Gasteiger partial charge >= 0.3 is 0 Å². The summed E-state index contributed by atoms with van der Waals surface area (Å²) >= 11 is 0. The van der Waals surface area contributed by atoms with Gasteiger partial charge in [-0.25, -0.2) is 0 Å². The standard InChI is InChI=1S/C20H26N2O2/c1-23-19-11-16-8-9-22(13-17(16)12-20(19)24-2)14-18(21)10-15-6-4-3-5-7-15/h3-7,11-12,18H,8-10,13-14,21H2,1-2H3/t18-/m0/s1. The van der Waals surface area contributed by atoms with Gasteiger partial charge in [-0.05, 0) is 41.7 Å². The number of nitrogens with zero attached hydrogens (tertiary/aromatic N) is 1. The van der Waals surface area contributed by atoms with Gasteiger partial charge in [-0.1, -0.05) is 30.3 Å². The molecule has 0 fully saturated rings. The van der Waals surface area contributed by atoms with Crippen LogP contribution in [-0.4, -0.2) is 38.3 Å². The Hall–Kier alpha value is -2.04. The molecule has 0 bridgehead atoms. The molecule has 1 aliphatic rings. The molecule has 2 aromatic rings. The van der Waals surface area contributed by atoms with Crippen LogP contribution in [0.5, 0.6) is 11.5 Å². The minimum atomic E-state index is 0.147. The number of benzene rings is 2. The second kappa shape index (κ2) is 7.69. The van der Waals surface area contributed by atoms with Crippen LogP contribution < -0.4 is 15.2 Å². The third-order valence-corrected chi connectivity index (χ3v) is 4.63. The fraction of sp³-hybridized carbons (Fsp3) is 0.400. The predicted molar refractivity (Wildman–Crippen MR) is 96.6 cm³/mol. The predicted octanol–water partition coefficient (Wildman–Crippen LogP) is 2.63. The average Bonchev–Trinajstić information content (AvgIpc) is 2.61. The third kappa shape index (κ3) is 3.89. The number of nitrogens with two attached hydrogens (primary N) is 1. The summed E-state index contributed by atoms with van der Waals surface area (Å²) in [4.78, 5) is 2.43. The van der Waals surface area contributed by atoms with E-state index in [0.717, 1.165) is 44.0 Å². The lowest BCUT2D eigenvalue weighted by Gasteiger charge is -2.31. The van der Waals surface area contributed by atoms with Crippen LogP contribution in [0.2, 0.25) is 0 Å². The van der Waals surface area contributed by atoms with E-state index in [1.54, 1.807) is 14.2 Å². The molecule has 3 rings (SSSR count). The van der Waals surface area contributed by atoms with Crippen molar-refractivity contribution in [3.8, 4) is 11.5 Å². The highest BCUT2D eigenvalue weighted by Gasteiger charge is 2.20. The number of rotatable bonds is 6. The van der Waals surface area contributed by atoms with Crippen molar-refractivity contribution in [2.45, 2.75) is 25.4 Å². The second-order valence-electron chi connectivity index (χ2n) is 6.41. The highest BCUT2D eigenvalue weighted by molar-refractivity contribution is 5.48. The van der Waals surface area contributed by atoms with Gasteiger partial charge < -0.3 is 15.2 Å². The lowest BCUT2D eigenvalue weighted by atomic mass is 9.98. The Balaban J connectivity index is 1.64. The first-order valence-electron chi connectivity index (χ1n) is 8.45. The number of ether oxygens (including phenoxy) is 2. The molecular formula is C20H26N2O2. The molecule has 0 aromatic heterocycles. The van der Waals surface area contributed by atoms with E-state index in [2.05, 4.69) is 41.3 Å². The van der Waals surface area contributed by atoms with E-state index in [4.69, 9.17) is 15.2 Å². The van der Waals surface area contributed by atoms with Crippen molar-refractivity contribution in [3.63, 3.8) is 0 Å². The smallest absolute Gasteiger partial charge is 0.161 e. The maximum absolute atomic E-state index is 6.37. The number of methoxy groups -OCH3 is 2. The summed E-state index contributed by atoms with van der Waals surface area (Å²) in [5, 5.41) is 0. The van der Waals surface area contributed by atoms with Crippen molar-refractivity contribution in [3.05, 3.63) is 59.2 Å². The highest BCUT2D eigenvalue weighted by atomic mass is 16.5. The van der Waals surface area contributed by atoms with Crippen LogP contribution in [0, 0.1) is 0 Å². The van der Waals surface area contributed by atoms with Crippen molar-refractivity contribution in [1.82, 2.24) is 4.90 Å². The zero-order valence-electron chi connectivity index (χ0n) is 14.5. The Morgan fingerprint density at radius 1 is 1.04 bits per heavy atom. The Morgan fingerprint density at radius 2 is 1.71 bits per heavy atom. The average molecular weight is 326 g/mol. The van der Waals surface area contributed by atoms with Crippen molar-refractivity contribution in [1.29, 1.82) is 0 Å². The maximum Gasteiger partial charge on any atom is 0.161 e. The van der Waals surface area contributed by atoms with E-state index in [1.807, 2.05) is 6.07 Å².